The molecule has 1 atom stereocenters. The summed E-state index contributed by atoms with van der Waals surface area (Å²) < 4.78 is 46.6. The number of oxazole rings is 2. The van der Waals surface area contributed by atoms with Gasteiger partial charge in [0.05, 0.1) is 12.5 Å². The first-order chi connectivity index (χ1) is 16.4. The number of benzene rings is 2. The molecule has 5 rings (SSSR count). The van der Waals surface area contributed by atoms with Crippen LogP contribution in [-0.4, -0.2) is 22.1 Å². The first kappa shape index (κ1) is 21.4. The lowest BCUT2D eigenvalue weighted by molar-refractivity contribution is -0.136. The molecule has 0 saturated carbocycles. The Balaban J connectivity index is 1.94. The summed E-state index contributed by atoms with van der Waals surface area (Å²) in [5, 5.41) is -0.147. The van der Waals surface area contributed by atoms with Crippen LogP contribution in [0.15, 0.2) is 62.2 Å². The van der Waals surface area contributed by atoms with E-state index in [1.165, 1.54) is 47.0 Å². The molecule has 0 unspecified atom stereocenters. The van der Waals surface area contributed by atoms with E-state index in [4.69, 9.17) is 19.3 Å². The smallest absolute Gasteiger partial charge is 0.362 e. The Morgan fingerprint density at radius 2 is 1.85 bits per heavy atom. The van der Waals surface area contributed by atoms with E-state index in [-0.39, 0.29) is 51.8 Å². The van der Waals surface area contributed by atoms with Crippen molar-refractivity contribution in [3.63, 3.8) is 0 Å². The van der Waals surface area contributed by atoms with Crippen LogP contribution in [-0.2, 0) is 9.53 Å². The van der Waals surface area contributed by atoms with Gasteiger partial charge in [-0.25, -0.2) is 22.9 Å². The van der Waals surface area contributed by atoms with Gasteiger partial charge in [0, 0.05) is 11.1 Å². The molecule has 0 bridgehead atoms. The standard InChI is InChI=1S/C24H17F2N3O5/c1-2-32-23(31)18-17(13-8-4-6-10-15(13)26)19-21(34-24(27)28-19)29-16(22(30)33-20(18)29)11-12-7-3-5-9-14(12)25/h3-11,17H,2H2,1H3,(H2,27,28)/b16-11+/t17-/m1/s1. The molecule has 3 heterocycles. The maximum Gasteiger partial charge on any atom is 0.362 e. The van der Waals surface area contributed by atoms with Gasteiger partial charge in [-0.05, 0) is 25.1 Å². The highest BCUT2D eigenvalue weighted by atomic mass is 19.1. The Hall–Kier alpha value is -4.47. The summed E-state index contributed by atoms with van der Waals surface area (Å²) in [6, 6.07) is 11.3. The molecule has 0 amide bonds. The van der Waals surface area contributed by atoms with Crippen molar-refractivity contribution in [2.24, 2.45) is 0 Å². The Morgan fingerprint density at radius 1 is 1.15 bits per heavy atom. The molecule has 0 aliphatic carbocycles. The number of halogens is 2. The number of hydrogen-bond acceptors (Lipinski definition) is 7. The van der Waals surface area contributed by atoms with Gasteiger partial charge in [0.25, 0.3) is 6.01 Å². The zero-order chi connectivity index (χ0) is 24.0. The lowest BCUT2D eigenvalue weighted by atomic mass is 9.86. The van der Waals surface area contributed by atoms with Crippen molar-refractivity contribution in [3.05, 3.63) is 98.3 Å². The van der Waals surface area contributed by atoms with Crippen LogP contribution in [0.5, 0.6) is 0 Å². The van der Waals surface area contributed by atoms with Crippen LogP contribution < -0.4 is 22.3 Å². The van der Waals surface area contributed by atoms with Crippen LogP contribution in [0, 0.1) is 11.6 Å². The van der Waals surface area contributed by atoms with Crippen molar-refractivity contribution < 1.29 is 27.1 Å². The second-order valence-electron chi connectivity index (χ2n) is 7.41. The largest absolute Gasteiger partial charge is 0.462 e. The molecule has 2 N–H and O–H groups in total. The number of hydrogen-bond donors (Lipinski definition) is 1. The molecule has 0 saturated heterocycles. The minimum atomic E-state index is -1.14. The van der Waals surface area contributed by atoms with Crippen molar-refractivity contribution in [1.29, 1.82) is 0 Å². The quantitative estimate of drug-likeness (QED) is 0.459. The van der Waals surface area contributed by atoms with E-state index in [0.29, 0.717) is 0 Å². The number of ether oxygens (including phenoxy) is 1. The second-order valence-corrected chi connectivity index (χ2v) is 7.41. The number of esters is 1. The lowest BCUT2D eigenvalue weighted by Crippen LogP contribution is -2.37. The average molecular weight is 465 g/mol. The van der Waals surface area contributed by atoms with Crippen molar-refractivity contribution in [2.75, 3.05) is 12.3 Å². The highest BCUT2D eigenvalue weighted by Gasteiger charge is 2.40. The molecule has 0 fully saturated rings. The fourth-order valence-corrected chi connectivity index (χ4v) is 4.00. The molecule has 2 aromatic heterocycles. The lowest BCUT2D eigenvalue weighted by Gasteiger charge is -2.22. The van der Waals surface area contributed by atoms with Crippen LogP contribution in [0.2, 0.25) is 0 Å². The summed E-state index contributed by atoms with van der Waals surface area (Å²) in [6.07, 6.45) is 1.25. The summed E-state index contributed by atoms with van der Waals surface area (Å²) in [4.78, 5) is 30.2. The third-order valence-electron chi connectivity index (χ3n) is 5.40. The Labute approximate surface area is 190 Å². The van der Waals surface area contributed by atoms with Gasteiger partial charge in [0.15, 0.2) is 0 Å². The van der Waals surface area contributed by atoms with Crippen LogP contribution in [0.25, 0.3) is 17.5 Å². The number of anilines is 1. The van der Waals surface area contributed by atoms with Gasteiger partial charge in [-0.2, -0.15) is 4.98 Å². The SMILES string of the molecule is CCOC(=O)C1=c2oc(=O)/c(=C\c3ccccc3F)n2-c2oc(N)nc2[C@@H]1c1ccccc1F. The van der Waals surface area contributed by atoms with Gasteiger partial charge in [0.1, 0.15) is 28.3 Å². The van der Waals surface area contributed by atoms with Crippen LogP contribution in [0.1, 0.15) is 29.7 Å². The van der Waals surface area contributed by atoms with Crippen molar-refractivity contribution in [1.82, 2.24) is 9.55 Å². The molecule has 8 nitrogen and oxygen atoms in total. The topological polar surface area (TPSA) is 113 Å². The summed E-state index contributed by atoms with van der Waals surface area (Å²) in [7, 11) is 0. The summed E-state index contributed by atoms with van der Waals surface area (Å²) >= 11 is 0. The molecular formula is C24H17F2N3O5. The van der Waals surface area contributed by atoms with E-state index in [1.807, 2.05) is 0 Å². The fraction of sp³-hybridized carbons (Fsp3) is 0.125. The Bertz CT molecular complexity index is 1620. The van der Waals surface area contributed by atoms with Crippen molar-refractivity contribution >= 4 is 23.6 Å². The van der Waals surface area contributed by atoms with Crippen molar-refractivity contribution in [2.45, 2.75) is 12.8 Å². The number of carbonyl (C=O) groups is 1. The number of carbonyl (C=O) groups excluding carboxylic acids is 1. The highest BCUT2D eigenvalue weighted by Crippen LogP contribution is 2.39. The summed E-state index contributed by atoms with van der Waals surface area (Å²) in [6.45, 7) is 1.62. The maximum atomic E-state index is 14.9. The van der Waals surface area contributed by atoms with Crippen LogP contribution in [0.3, 0.4) is 0 Å². The Kier molecular flexibility index (Phi) is 5.12. The van der Waals surface area contributed by atoms with Gasteiger partial charge in [0.2, 0.25) is 11.4 Å². The molecule has 0 radical (unpaired) electrons. The normalized spacial score (nSPS) is 15.2. The zero-order valence-corrected chi connectivity index (χ0v) is 17.7. The molecule has 10 heteroatoms. The fourth-order valence-electron chi connectivity index (χ4n) is 4.00. The number of aromatic nitrogens is 2. The highest BCUT2D eigenvalue weighted by molar-refractivity contribution is 6.12. The van der Waals surface area contributed by atoms with Crippen LogP contribution in [0.4, 0.5) is 14.8 Å². The average Bonchev–Trinajstić information content (AvgIpc) is 3.34. The van der Waals surface area contributed by atoms with Gasteiger partial charge >= 0.3 is 11.6 Å². The number of nitrogen functional groups attached to an aromatic ring is 1. The second kappa shape index (κ2) is 8.14. The zero-order valence-electron chi connectivity index (χ0n) is 17.7. The predicted octanol–water partition coefficient (Wildman–Crippen LogP) is 1.97. The van der Waals surface area contributed by atoms with Crippen LogP contribution >= 0.6 is 0 Å². The van der Waals surface area contributed by atoms with Crippen molar-refractivity contribution in [3.8, 4) is 5.88 Å². The first-order valence-electron chi connectivity index (χ1n) is 10.3. The minimum Gasteiger partial charge on any atom is -0.462 e. The molecule has 1 aliphatic heterocycles. The molecular weight excluding hydrogens is 448 g/mol. The summed E-state index contributed by atoms with van der Waals surface area (Å²) in [5.41, 5.74) is 4.77. The minimum absolute atomic E-state index is 0.0132. The molecule has 0 spiro atoms. The van der Waals surface area contributed by atoms with Gasteiger partial charge < -0.3 is 19.3 Å². The maximum absolute atomic E-state index is 14.9. The number of nitrogens with two attached hydrogens (primary N) is 1. The third-order valence-corrected chi connectivity index (χ3v) is 5.40. The first-order valence-corrected chi connectivity index (χ1v) is 10.3. The molecule has 34 heavy (non-hydrogen) atoms. The van der Waals surface area contributed by atoms with Gasteiger partial charge in [-0.1, -0.05) is 36.4 Å². The van der Waals surface area contributed by atoms with E-state index in [1.54, 1.807) is 19.1 Å². The van der Waals surface area contributed by atoms with Gasteiger partial charge in [-0.3, -0.25) is 0 Å². The van der Waals surface area contributed by atoms with E-state index in [2.05, 4.69) is 4.98 Å². The van der Waals surface area contributed by atoms with E-state index >= 15 is 0 Å². The number of nitrogens with zero attached hydrogens (tertiary/aromatic N) is 2. The monoisotopic (exact) mass is 465 g/mol. The molecule has 1 aliphatic rings. The van der Waals surface area contributed by atoms with E-state index < -0.39 is 29.1 Å². The summed E-state index contributed by atoms with van der Waals surface area (Å²) in [5.74, 6) is -3.24. The number of fused-ring (bicyclic) bond motifs is 3. The molecule has 4 aromatic rings. The predicted molar refractivity (Wildman–Crippen MR) is 116 cm³/mol. The Morgan fingerprint density at radius 3 is 2.56 bits per heavy atom. The third kappa shape index (κ3) is 3.31. The molecule has 172 valence electrons. The molecule has 2 aromatic carbocycles. The number of rotatable bonds is 4. The van der Waals surface area contributed by atoms with Gasteiger partial charge in [-0.15, -0.1) is 0 Å². The van der Waals surface area contributed by atoms with E-state index in [9.17, 15) is 18.4 Å². The van der Waals surface area contributed by atoms with E-state index in [0.717, 1.165) is 0 Å².